The monoisotopic (exact) mass is 352 g/mol. The van der Waals surface area contributed by atoms with Crippen LogP contribution in [0.1, 0.15) is 19.4 Å². The first-order chi connectivity index (χ1) is 9.59. The van der Waals surface area contributed by atoms with E-state index < -0.39 is 15.6 Å². The molecule has 1 fully saturated rings. The van der Waals surface area contributed by atoms with Crippen LogP contribution in [0.15, 0.2) is 10.3 Å². The van der Waals surface area contributed by atoms with E-state index in [4.69, 9.17) is 11.6 Å². The third-order valence-electron chi connectivity index (χ3n) is 3.37. The minimum absolute atomic E-state index is 0.306. The summed E-state index contributed by atoms with van der Waals surface area (Å²) < 4.78 is 27.4. The second kappa shape index (κ2) is 6.14. The van der Waals surface area contributed by atoms with Gasteiger partial charge in [0.15, 0.2) is 0 Å². The van der Waals surface area contributed by atoms with E-state index in [9.17, 15) is 13.5 Å². The summed E-state index contributed by atoms with van der Waals surface area (Å²) in [7, 11) is -3.45. The molecule has 21 heavy (non-hydrogen) atoms. The summed E-state index contributed by atoms with van der Waals surface area (Å²) in [6, 6.07) is 1.63. The summed E-state index contributed by atoms with van der Waals surface area (Å²) in [4.78, 5) is 2.08. The highest BCUT2D eigenvalue weighted by molar-refractivity contribution is 7.91. The van der Waals surface area contributed by atoms with Crippen molar-refractivity contribution < 1.29 is 13.5 Å². The molecule has 1 aliphatic rings. The number of halogens is 1. The van der Waals surface area contributed by atoms with E-state index in [-0.39, 0.29) is 0 Å². The van der Waals surface area contributed by atoms with Crippen LogP contribution in [-0.4, -0.2) is 61.1 Å². The molecule has 0 aromatic carbocycles. The zero-order valence-electron chi connectivity index (χ0n) is 12.5. The maximum Gasteiger partial charge on any atom is 0.252 e. The third kappa shape index (κ3) is 4.18. The molecule has 1 aliphatic heterocycles. The highest BCUT2D eigenvalue weighted by atomic mass is 35.5. The number of piperazine rings is 1. The van der Waals surface area contributed by atoms with Crippen molar-refractivity contribution in [3.8, 4) is 0 Å². The minimum Gasteiger partial charge on any atom is -0.389 e. The van der Waals surface area contributed by atoms with Gasteiger partial charge in [-0.3, -0.25) is 4.90 Å². The van der Waals surface area contributed by atoms with Crippen molar-refractivity contribution in [3.63, 3.8) is 0 Å². The Bertz CT molecular complexity index is 580. The lowest BCUT2D eigenvalue weighted by Gasteiger charge is -2.36. The van der Waals surface area contributed by atoms with Crippen LogP contribution >= 0.6 is 22.9 Å². The molecule has 0 aliphatic carbocycles. The van der Waals surface area contributed by atoms with E-state index in [0.29, 0.717) is 41.3 Å². The number of hydrogen-bond donors (Lipinski definition) is 1. The zero-order chi connectivity index (χ0) is 15.8. The second-order valence-corrected chi connectivity index (χ2v) is 9.83. The molecule has 1 aromatic rings. The van der Waals surface area contributed by atoms with E-state index >= 15 is 0 Å². The van der Waals surface area contributed by atoms with E-state index in [1.54, 1.807) is 26.8 Å². The van der Waals surface area contributed by atoms with E-state index in [1.165, 1.54) is 4.31 Å². The standard InChI is InChI=1S/C13H21ClN2O3S2/c1-10-8-11(20-12(10)14)21(18,19)16-6-4-15(5-7-16)9-13(2,3)17/h8,17H,4-7,9H2,1-3H3. The Kier molecular flexibility index (Phi) is 5.02. The number of thiophene rings is 1. The average molecular weight is 353 g/mol. The largest absolute Gasteiger partial charge is 0.389 e. The Morgan fingerprint density at radius 1 is 1.33 bits per heavy atom. The van der Waals surface area contributed by atoms with Crippen LogP contribution in [0.4, 0.5) is 0 Å². The molecule has 1 saturated heterocycles. The number of aliphatic hydroxyl groups is 1. The van der Waals surface area contributed by atoms with Gasteiger partial charge in [-0.2, -0.15) is 4.31 Å². The normalized spacial score (nSPS) is 19.1. The Morgan fingerprint density at radius 2 is 1.90 bits per heavy atom. The molecule has 1 N–H and O–H groups in total. The molecular weight excluding hydrogens is 332 g/mol. The molecule has 0 saturated carbocycles. The van der Waals surface area contributed by atoms with Gasteiger partial charge in [0.25, 0.3) is 10.0 Å². The van der Waals surface area contributed by atoms with Gasteiger partial charge in [0.05, 0.1) is 9.94 Å². The van der Waals surface area contributed by atoms with Crippen molar-refractivity contribution in [3.05, 3.63) is 16.0 Å². The number of β-amino-alcohol motifs (C(OH)–C–C–N with tert-alkyl or cyclic N) is 1. The predicted octanol–water partition coefficient (Wildman–Crippen LogP) is 1.79. The molecule has 1 aromatic heterocycles. The zero-order valence-corrected chi connectivity index (χ0v) is 14.9. The van der Waals surface area contributed by atoms with E-state index in [0.717, 1.165) is 16.9 Å². The van der Waals surface area contributed by atoms with Crippen LogP contribution in [0.25, 0.3) is 0 Å². The summed E-state index contributed by atoms with van der Waals surface area (Å²) >= 11 is 7.08. The van der Waals surface area contributed by atoms with Crippen LogP contribution in [0, 0.1) is 6.92 Å². The molecule has 0 amide bonds. The Labute approximate surface area is 135 Å². The molecule has 2 rings (SSSR count). The van der Waals surface area contributed by atoms with Gasteiger partial charge in [0.2, 0.25) is 0 Å². The number of nitrogens with zero attached hydrogens (tertiary/aromatic N) is 2. The molecule has 0 unspecified atom stereocenters. The summed E-state index contributed by atoms with van der Waals surface area (Å²) in [6.45, 7) is 7.99. The first-order valence-electron chi connectivity index (χ1n) is 6.80. The lowest BCUT2D eigenvalue weighted by atomic mass is 10.1. The lowest BCUT2D eigenvalue weighted by molar-refractivity contribution is 0.0263. The summed E-state index contributed by atoms with van der Waals surface area (Å²) in [5, 5.41) is 9.82. The number of sulfonamides is 1. The molecule has 0 radical (unpaired) electrons. The molecule has 0 spiro atoms. The molecular formula is C13H21ClN2O3S2. The van der Waals surface area contributed by atoms with Crippen LogP contribution in [-0.2, 0) is 10.0 Å². The highest BCUT2D eigenvalue weighted by Crippen LogP contribution is 2.32. The van der Waals surface area contributed by atoms with Crippen LogP contribution in [0.3, 0.4) is 0 Å². The minimum atomic E-state index is -3.45. The molecule has 0 atom stereocenters. The van der Waals surface area contributed by atoms with E-state index in [1.807, 2.05) is 0 Å². The Hall–Kier alpha value is -0.180. The van der Waals surface area contributed by atoms with Gasteiger partial charge < -0.3 is 5.11 Å². The third-order valence-corrected chi connectivity index (χ3v) is 7.27. The van der Waals surface area contributed by atoms with Crippen molar-refractivity contribution >= 4 is 33.0 Å². The molecule has 120 valence electrons. The quantitative estimate of drug-likeness (QED) is 0.897. The van der Waals surface area contributed by atoms with Crippen LogP contribution in [0.5, 0.6) is 0 Å². The molecule has 8 heteroatoms. The summed E-state index contributed by atoms with van der Waals surface area (Å²) in [5.41, 5.74) is 0.0281. The van der Waals surface area contributed by atoms with Gasteiger partial charge in [-0.25, -0.2) is 8.42 Å². The maximum atomic E-state index is 12.6. The average Bonchev–Trinajstić information content (AvgIpc) is 2.69. The van der Waals surface area contributed by atoms with Crippen molar-refractivity contribution in [2.24, 2.45) is 0 Å². The van der Waals surface area contributed by atoms with Gasteiger partial charge >= 0.3 is 0 Å². The Morgan fingerprint density at radius 3 is 2.33 bits per heavy atom. The first kappa shape index (κ1) is 17.2. The fraction of sp³-hybridized carbons (Fsp3) is 0.692. The predicted molar refractivity (Wildman–Crippen MR) is 85.6 cm³/mol. The van der Waals surface area contributed by atoms with Gasteiger partial charge in [0, 0.05) is 32.7 Å². The number of hydrogen-bond acceptors (Lipinski definition) is 5. The Balaban J connectivity index is 2.04. The van der Waals surface area contributed by atoms with Crippen molar-refractivity contribution in [1.29, 1.82) is 0 Å². The highest BCUT2D eigenvalue weighted by Gasteiger charge is 2.31. The SMILES string of the molecule is Cc1cc(S(=O)(=O)N2CCN(CC(C)(C)O)CC2)sc1Cl. The van der Waals surface area contributed by atoms with Gasteiger partial charge in [-0.05, 0) is 32.4 Å². The first-order valence-corrected chi connectivity index (χ1v) is 9.44. The number of rotatable bonds is 4. The van der Waals surface area contributed by atoms with Crippen molar-refractivity contribution in [2.75, 3.05) is 32.7 Å². The fourth-order valence-corrected chi connectivity index (χ4v) is 5.65. The maximum absolute atomic E-state index is 12.6. The van der Waals surface area contributed by atoms with Gasteiger partial charge in [-0.1, -0.05) is 11.6 Å². The van der Waals surface area contributed by atoms with Gasteiger partial charge in [-0.15, -0.1) is 11.3 Å². The number of aryl methyl sites for hydroxylation is 1. The second-order valence-electron chi connectivity index (χ2n) is 6.01. The summed E-state index contributed by atoms with van der Waals surface area (Å²) in [5.74, 6) is 0. The van der Waals surface area contributed by atoms with Crippen LogP contribution < -0.4 is 0 Å². The van der Waals surface area contributed by atoms with Gasteiger partial charge in [0.1, 0.15) is 4.21 Å². The van der Waals surface area contributed by atoms with Crippen molar-refractivity contribution in [2.45, 2.75) is 30.6 Å². The summed E-state index contributed by atoms with van der Waals surface area (Å²) in [6.07, 6.45) is 0. The topological polar surface area (TPSA) is 60.9 Å². The molecule has 5 nitrogen and oxygen atoms in total. The molecule has 2 heterocycles. The van der Waals surface area contributed by atoms with Crippen molar-refractivity contribution in [1.82, 2.24) is 9.21 Å². The van der Waals surface area contributed by atoms with E-state index in [2.05, 4.69) is 4.90 Å². The fourth-order valence-electron chi connectivity index (χ4n) is 2.36. The smallest absolute Gasteiger partial charge is 0.252 e. The molecule has 0 bridgehead atoms. The lowest BCUT2D eigenvalue weighted by Crippen LogP contribution is -2.51. The van der Waals surface area contributed by atoms with Crippen LogP contribution in [0.2, 0.25) is 4.34 Å².